The van der Waals surface area contributed by atoms with Crippen molar-refractivity contribution in [2.45, 2.75) is 20.8 Å². The summed E-state index contributed by atoms with van der Waals surface area (Å²) in [6, 6.07) is 7.06. The summed E-state index contributed by atoms with van der Waals surface area (Å²) in [6.45, 7) is 5.90. The summed E-state index contributed by atoms with van der Waals surface area (Å²) in [6.07, 6.45) is 0. The van der Waals surface area contributed by atoms with Gasteiger partial charge in [-0.1, -0.05) is 23.8 Å². The highest BCUT2D eigenvalue weighted by Crippen LogP contribution is 2.21. The van der Waals surface area contributed by atoms with Crippen LogP contribution in [-0.2, 0) is 0 Å². The Labute approximate surface area is 83.9 Å². The van der Waals surface area contributed by atoms with Gasteiger partial charge in [0.1, 0.15) is 0 Å². The predicted molar refractivity (Wildman–Crippen MR) is 57.3 cm³/mol. The van der Waals surface area contributed by atoms with Crippen molar-refractivity contribution < 1.29 is 9.90 Å². The van der Waals surface area contributed by atoms with E-state index in [0.717, 1.165) is 16.7 Å². The molecule has 14 heavy (non-hydrogen) atoms. The highest BCUT2D eigenvalue weighted by atomic mass is 16.4. The lowest BCUT2D eigenvalue weighted by Crippen LogP contribution is -2.01. The molecule has 0 radical (unpaired) electrons. The van der Waals surface area contributed by atoms with E-state index in [1.54, 1.807) is 12.1 Å². The van der Waals surface area contributed by atoms with E-state index in [1.807, 2.05) is 32.9 Å². The minimum atomic E-state index is -0.874. The second-order valence-corrected chi connectivity index (χ2v) is 3.48. The summed E-state index contributed by atoms with van der Waals surface area (Å²) in [5, 5.41) is 8.97. The quantitative estimate of drug-likeness (QED) is 0.777. The molecule has 0 atom stereocenters. The van der Waals surface area contributed by atoms with Crippen molar-refractivity contribution in [3.05, 3.63) is 41.0 Å². The molecule has 74 valence electrons. The molecule has 2 nitrogen and oxygen atoms in total. The zero-order valence-electron chi connectivity index (χ0n) is 8.66. The topological polar surface area (TPSA) is 37.3 Å². The van der Waals surface area contributed by atoms with Gasteiger partial charge in [-0.05, 0) is 38.0 Å². The predicted octanol–water partition coefficient (Wildman–Crippen LogP) is 3.20. The molecule has 0 saturated heterocycles. The largest absolute Gasteiger partial charge is 0.478 e. The van der Waals surface area contributed by atoms with Gasteiger partial charge in [0, 0.05) is 0 Å². The Morgan fingerprint density at radius 3 is 2.00 bits per heavy atom. The Bertz CT molecular complexity index is 385. The van der Waals surface area contributed by atoms with Gasteiger partial charge < -0.3 is 5.11 Å². The number of rotatable bonds is 2. The van der Waals surface area contributed by atoms with E-state index < -0.39 is 5.97 Å². The summed E-state index contributed by atoms with van der Waals surface area (Å²) >= 11 is 0. The van der Waals surface area contributed by atoms with Crippen LogP contribution >= 0.6 is 0 Å². The second-order valence-electron chi connectivity index (χ2n) is 3.48. The molecule has 0 fully saturated rings. The summed E-state index contributed by atoms with van der Waals surface area (Å²) in [4.78, 5) is 10.9. The summed E-state index contributed by atoms with van der Waals surface area (Å²) in [7, 11) is 0. The molecule has 1 aromatic rings. The van der Waals surface area contributed by atoms with Crippen LogP contribution in [0.1, 0.15) is 36.7 Å². The Hall–Kier alpha value is -1.57. The Morgan fingerprint density at radius 1 is 1.07 bits per heavy atom. The third-order valence-corrected chi connectivity index (χ3v) is 2.31. The van der Waals surface area contributed by atoms with Crippen LogP contribution in [0.3, 0.4) is 0 Å². The van der Waals surface area contributed by atoms with Crippen LogP contribution in [0.5, 0.6) is 0 Å². The van der Waals surface area contributed by atoms with Crippen LogP contribution < -0.4 is 0 Å². The summed E-state index contributed by atoms with van der Waals surface area (Å²) in [5.41, 5.74) is 3.34. The highest BCUT2D eigenvalue weighted by molar-refractivity contribution is 5.94. The fourth-order valence-electron chi connectivity index (χ4n) is 1.27. The summed E-state index contributed by atoms with van der Waals surface area (Å²) < 4.78 is 0. The van der Waals surface area contributed by atoms with E-state index in [2.05, 4.69) is 0 Å². The molecule has 0 amide bonds. The number of hydrogen-bond donors (Lipinski definition) is 1. The molecule has 0 aromatic heterocycles. The molecule has 0 saturated carbocycles. The molecule has 0 heterocycles. The molecular weight excluding hydrogens is 176 g/mol. The van der Waals surface area contributed by atoms with Gasteiger partial charge in [0.05, 0.1) is 5.56 Å². The number of allylic oxidation sites excluding steroid dienone is 2. The van der Waals surface area contributed by atoms with Crippen LogP contribution in [0.25, 0.3) is 5.57 Å². The Balaban J connectivity index is 3.35. The van der Waals surface area contributed by atoms with Crippen molar-refractivity contribution in [2.75, 3.05) is 0 Å². The van der Waals surface area contributed by atoms with Gasteiger partial charge in [-0.2, -0.15) is 0 Å². The molecule has 0 spiro atoms. The average molecular weight is 190 g/mol. The fraction of sp³-hybridized carbons (Fsp3) is 0.250. The smallest absolute Gasteiger partial charge is 0.336 e. The molecule has 0 bridgehead atoms. The normalized spacial score (nSPS) is 9.64. The third-order valence-electron chi connectivity index (χ3n) is 2.31. The van der Waals surface area contributed by atoms with E-state index >= 15 is 0 Å². The molecule has 0 aliphatic carbocycles. The lowest BCUT2D eigenvalue weighted by molar-refractivity contribution is 0.0696. The molecule has 0 unspecified atom stereocenters. The standard InChI is InChI=1S/C12H14O2/c1-8(2)9(3)10-6-4-5-7-11(10)12(13)14/h4-7H,1-3H3,(H,13,14). The van der Waals surface area contributed by atoms with Gasteiger partial charge in [-0.3, -0.25) is 0 Å². The molecule has 1 N–H and O–H groups in total. The number of hydrogen-bond acceptors (Lipinski definition) is 1. The fourth-order valence-corrected chi connectivity index (χ4v) is 1.27. The first kappa shape index (κ1) is 10.5. The van der Waals surface area contributed by atoms with Crippen molar-refractivity contribution in [1.29, 1.82) is 0 Å². The number of carboxylic acids is 1. The van der Waals surface area contributed by atoms with Crippen molar-refractivity contribution in [3.63, 3.8) is 0 Å². The Kier molecular flexibility index (Phi) is 3.07. The lowest BCUT2D eigenvalue weighted by atomic mass is 9.98. The van der Waals surface area contributed by atoms with Crippen LogP contribution in [0.15, 0.2) is 29.8 Å². The first-order valence-electron chi connectivity index (χ1n) is 4.51. The first-order chi connectivity index (χ1) is 6.54. The van der Waals surface area contributed by atoms with Crippen molar-refractivity contribution in [1.82, 2.24) is 0 Å². The molecule has 1 rings (SSSR count). The minimum Gasteiger partial charge on any atom is -0.478 e. The van der Waals surface area contributed by atoms with Crippen molar-refractivity contribution in [2.24, 2.45) is 0 Å². The second kappa shape index (κ2) is 4.09. The molecule has 0 aliphatic rings. The van der Waals surface area contributed by atoms with E-state index in [4.69, 9.17) is 5.11 Å². The van der Waals surface area contributed by atoms with E-state index in [-0.39, 0.29) is 0 Å². The van der Waals surface area contributed by atoms with E-state index in [9.17, 15) is 4.79 Å². The maximum absolute atomic E-state index is 10.9. The number of carbonyl (C=O) groups is 1. The van der Waals surface area contributed by atoms with Gasteiger partial charge in [-0.25, -0.2) is 4.79 Å². The number of benzene rings is 1. The zero-order chi connectivity index (χ0) is 10.7. The van der Waals surface area contributed by atoms with Gasteiger partial charge in [-0.15, -0.1) is 0 Å². The average Bonchev–Trinajstić information content (AvgIpc) is 2.16. The van der Waals surface area contributed by atoms with E-state index in [1.165, 1.54) is 0 Å². The lowest BCUT2D eigenvalue weighted by Gasteiger charge is -2.07. The molecule has 0 aliphatic heterocycles. The van der Waals surface area contributed by atoms with Gasteiger partial charge in [0.2, 0.25) is 0 Å². The van der Waals surface area contributed by atoms with Gasteiger partial charge >= 0.3 is 5.97 Å². The van der Waals surface area contributed by atoms with Gasteiger partial charge in [0.15, 0.2) is 0 Å². The van der Waals surface area contributed by atoms with Crippen LogP contribution in [-0.4, -0.2) is 11.1 Å². The van der Waals surface area contributed by atoms with Crippen LogP contribution in [0.2, 0.25) is 0 Å². The van der Waals surface area contributed by atoms with E-state index in [0.29, 0.717) is 5.56 Å². The van der Waals surface area contributed by atoms with Crippen molar-refractivity contribution in [3.8, 4) is 0 Å². The van der Waals surface area contributed by atoms with Crippen LogP contribution in [0, 0.1) is 0 Å². The molecule has 1 aromatic carbocycles. The van der Waals surface area contributed by atoms with Crippen molar-refractivity contribution >= 4 is 11.5 Å². The third kappa shape index (κ3) is 2.02. The van der Waals surface area contributed by atoms with Gasteiger partial charge in [0.25, 0.3) is 0 Å². The number of aromatic carboxylic acids is 1. The maximum Gasteiger partial charge on any atom is 0.336 e. The molecule has 2 heteroatoms. The zero-order valence-corrected chi connectivity index (χ0v) is 8.66. The first-order valence-corrected chi connectivity index (χ1v) is 4.51. The molecular formula is C12H14O2. The SMILES string of the molecule is CC(C)=C(C)c1ccccc1C(=O)O. The monoisotopic (exact) mass is 190 g/mol. The number of carboxylic acid groups (broad SMARTS) is 1. The highest BCUT2D eigenvalue weighted by Gasteiger charge is 2.10. The Morgan fingerprint density at radius 2 is 1.57 bits per heavy atom. The maximum atomic E-state index is 10.9. The minimum absolute atomic E-state index is 0.367. The summed E-state index contributed by atoms with van der Waals surface area (Å²) in [5.74, 6) is -0.874. The van der Waals surface area contributed by atoms with Crippen LogP contribution in [0.4, 0.5) is 0 Å².